The largest absolute Gasteiger partial charge is 0.465 e. The molecule has 1 aromatic rings. The normalized spacial score (nSPS) is 18.0. The summed E-state index contributed by atoms with van der Waals surface area (Å²) in [6, 6.07) is 0. The fourth-order valence-electron chi connectivity index (χ4n) is 1.57. The first kappa shape index (κ1) is 12.3. The van der Waals surface area contributed by atoms with E-state index in [-0.39, 0.29) is 5.97 Å². The summed E-state index contributed by atoms with van der Waals surface area (Å²) >= 11 is 1.31. The van der Waals surface area contributed by atoms with Crippen molar-refractivity contribution in [2.45, 2.75) is 0 Å². The van der Waals surface area contributed by atoms with E-state index >= 15 is 0 Å². The molecule has 7 heteroatoms. The molecule has 0 radical (unpaired) electrons. The van der Waals surface area contributed by atoms with E-state index in [0.717, 1.165) is 31.3 Å². The molecule has 1 aliphatic heterocycles. The highest BCUT2D eigenvalue weighted by Crippen LogP contribution is 2.19. The molecule has 1 aromatic heterocycles. The number of rotatable bonds is 3. The lowest BCUT2D eigenvalue weighted by molar-refractivity contribution is 0.0606. The Bertz CT molecular complexity index is 387. The summed E-state index contributed by atoms with van der Waals surface area (Å²) in [5.74, 6) is -0.339. The van der Waals surface area contributed by atoms with Crippen molar-refractivity contribution in [3.05, 3.63) is 11.1 Å². The molecule has 94 valence electrons. The molecular weight excluding hydrogens is 240 g/mol. The van der Waals surface area contributed by atoms with Gasteiger partial charge in [0.15, 0.2) is 5.13 Å². The van der Waals surface area contributed by atoms with E-state index in [2.05, 4.69) is 32.1 Å². The number of nitrogens with one attached hydrogen (secondary N) is 1. The summed E-state index contributed by atoms with van der Waals surface area (Å²) in [6.45, 7) is 3.96. The Morgan fingerprint density at radius 2 is 2.18 bits per heavy atom. The number of hydrogen-bond acceptors (Lipinski definition) is 7. The van der Waals surface area contributed by atoms with Gasteiger partial charge in [0.05, 0.1) is 13.3 Å². The van der Waals surface area contributed by atoms with Gasteiger partial charge in [-0.05, 0) is 7.05 Å². The summed E-state index contributed by atoms with van der Waals surface area (Å²) < 4.78 is 4.64. The van der Waals surface area contributed by atoms with Gasteiger partial charge in [0.1, 0.15) is 4.88 Å². The fraction of sp³-hybridized carbons (Fsp3) is 0.600. The molecule has 0 spiro atoms. The Kier molecular flexibility index (Phi) is 3.93. The van der Waals surface area contributed by atoms with Crippen LogP contribution in [0.5, 0.6) is 0 Å². The number of ether oxygens (including phenoxy) is 1. The highest BCUT2D eigenvalue weighted by atomic mass is 32.1. The van der Waals surface area contributed by atoms with Crippen LogP contribution in [0.25, 0.3) is 0 Å². The maximum atomic E-state index is 11.3. The molecule has 0 aromatic carbocycles. The molecule has 2 heterocycles. The number of hydrogen-bond donors (Lipinski definition) is 1. The zero-order chi connectivity index (χ0) is 12.3. The third-order valence-corrected chi connectivity index (χ3v) is 3.53. The minimum Gasteiger partial charge on any atom is -0.465 e. The zero-order valence-corrected chi connectivity index (χ0v) is 10.8. The molecular formula is C10H16N4O2S. The van der Waals surface area contributed by atoms with Crippen LogP contribution in [0.15, 0.2) is 6.20 Å². The van der Waals surface area contributed by atoms with Gasteiger partial charge in [-0.3, -0.25) is 5.43 Å². The first-order valence-corrected chi connectivity index (χ1v) is 6.25. The Labute approximate surface area is 104 Å². The molecule has 0 unspecified atom stereocenters. The van der Waals surface area contributed by atoms with Crippen LogP contribution >= 0.6 is 11.3 Å². The number of hydrazine groups is 1. The molecule has 0 amide bonds. The van der Waals surface area contributed by atoms with Gasteiger partial charge in [-0.2, -0.15) is 0 Å². The number of esters is 1. The molecule has 1 fully saturated rings. The van der Waals surface area contributed by atoms with Crippen molar-refractivity contribution >= 4 is 22.4 Å². The Morgan fingerprint density at radius 1 is 1.47 bits per heavy atom. The standard InChI is InChI=1S/C10H16N4O2S/c1-13-3-5-14(6-4-13)12-10-11-7-8(17-10)9(15)16-2/h7H,3-6H2,1-2H3,(H,11,12). The number of likely N-dealkylation sites (N-methyl/N-ethyl adjacent to an activating group) is 1. The summed E-state index contributed by atoms with van der Waals surface area (Å²) in [7, 11) is 3.48. The number of aromatic nitrogens is 1. The Balaban J connectivity index is 1.90. The van der Waals surface area contributed by atoms with E-state index < -0.39 is 0 Å². The van der Waals surface area contributed by atoms with Gasteiger partial charge in [0, 0.05) is 26.2 Å². The van der Waals surface area contributed by atoms with Gasteiger partial charge in [-0.25, -0.2) is 14.8 Å². The van der Waals surface area contributed by atoms with E-state index in [4.69, 9.17) is 0 Å². The van der Waals surface area contributed by atoms with Crippen molar-refractivity contribution < 1.29 is 9.53 Å². The summed E-state index contributed by atoms with van der Waals surface area (Å²) in [5.41, 5.74) is 3.21. The highest BCUT2D eigenvalue weighted by molar-refractivity contribution is 7.17. The number of methoxy groups -OCH3 is 1. The number of anilines is 1. The average Bonchev–Trinajstić information content (AvgIpc) is 2.80. The third kappa shape index (κ3) is 3.15. The molecule has 17 heavy (non-hydrogen) atoms. The number of carbonyl (C=O) groups excluding carboxylic acids is 1. The van der Waals surface area contributed by atoms with Crippen molar-refractivity contribution in [2.24, 2.45) is 0 Å². The number of carbonyl (C=O) groups is 1. The van der Waals surface area contributed by atoms with E-state index in [1.165, 1.54) is 24.6 Å². The number of nitrogens with zero attached hydrogens (tertiary/aromatic N) is 3. The van der Waals surface area contributed by atoms with Crippen molar-refractivity contribution in [3.63, 3.8) is 0 Å². The van der Waals surface area contributed by atoms with Crippen LogP contribution in [-0.4, -0.2) is 61.2 Å². The van der Waals surface area contributed by atoms with Gasteiger partial charge in [-0.1, -0.05) is 11.3 Å². The molecule has 6 nitrogen and oxygen atoms in total. The quantitative estimate of drug-likeness (QED) is 0.795. The molecule has 2 rings (SSSR count). The van der Waals surface area contributed by atoms with Crippen LogP contribution in [-0.2, 0) is 4.74 Å². The van der Waals surface area contributed by atoms with Gasteiger partial charge in [0.25, 0.3) is 0 Å². The van der Waals surface area contributed by atoms with E-state index in [9.17, 15) is 4.79 Å². The van der Waals surface area contributed by atoms with Crippen LogP contribution in [0.3, 0.4) is 0 Å². The number of piperazine rings is 1. The molecule has 0 aliphatic carbocycles. The predicted molar refractivity (Wildman–Crippen MR) is 66.1 cm³/mol. The Morgan fingerprint density at radius 3 is 2.82 bits per heavy atom. The van der Waals surface area contributed by atoms with Crippen LogP contribution in [0.1, 0.15) is 9.67 Å². The smallest absolute Gasteiger partial charge is 0.349 e. The lowest BCUT2D eigenvalue weighted by Gasteiger charge is -2.32. The first-order chi connectivity index (χ1) is 8.19. The zero-order valence-electron chi connectivity index (χ0n) is 9.97. The van der Waals surface area contributed by atoms with E-state index in [1.807, 2.05) is 0 Å². The molecule has 0 saturated carbocycles. The first-order valence-electron chi connectivity index (χ1n) is 5.43. The summed E-state index contributed by atoms with van der Waals surface area (Å²) in [6.07, 6.45) is 1.54. The maximum absolute atomic E-state index is 11.3. The lowest BCUT2D eigenvalue weighted by atomic mass is 10.4. The van der Waals surface area contributed by atoms with Crippen LogP contribution < -0.4 is 5.43 Å². The molecule has 0 atom stereocenters. The molecule has 1 N–H and O–H groups in total. The summed E-state index contributed by atoms with van der Waals surface area (Å²) in [4.78, 5) is 18.2. The van der Waals surface area contributed by atoms with E-state index in [1.54, 1.807) is 0 Å². The van der Waals surface area contributed by atoms with Gasteiger partial charge >= 0.3 is 5.97 Å². The van der Waals surface area contributed by atoms with Crippen LogP contribution in [0, 0.1) is 0 Å². The second kappa shape index (κ2) is 5.44. The van der Waals surface area contributed by atoms with Crippen LogP contribution in [0.2, 0.25) is 0 Å². The van der Waals surface area contributed by atoms with Gasteiger partial charge in [-0.15, -0.1) is 0 Å². The fourth-order valence-corrected chi connectivity index (χ4v) is 2.33. The van der Waals surface area contributed by atoms with Gasteiger partial charge < -0.3 is 9.64 Å². The minimum absolute atomic E-state index is 0.339. The predicted octanol–water partition coefficient (Wildman–Crippen LogP) is 0.504. The average molecular weight is 256 g/mol. The minimum atomic E-state index is -0.339. The van der Waals surface area contributed by atoms with E-state index in [0.29, 0.717) is 4.88 Å². The molecule has 1 saturated heterocycles. The molecule has 1 aliphatic rings. The van der Waals surface area contributed by atoms with Crippen molar-refractivity contribution in [2.75, 3.05) is 45.8 Å². The lowest BCUT2D eigenvalue weighted by Crippen LogP contribution is -2.46. The van der Waals surface area contributed by atoms with Crippen LogP contribution in [0.4, 0.5) is 5.13 Å². The Hall–Kier alpha value is -1.18. The topological polar surface area (TPSA) is 57.7 Å². The van der Waals surface area contributed by atoms with Crippen molar-refractivity contribution in [3.8, 4) is 0 Å². The SMILES string of the molecule is COC(=O)c1cnc(NN2CCN(C)CC2)s1. The summed E-state index contributed by atoms with van der Waals surface area (Å²) in [5, 5.41) is 2.84. The highest BCUT2D eigenvalue weighted by Gasteiger charge is 2.16. The van der Waals surface area contributed by atoms with Crippen molar-refractivity contribution in [1.82, 2.24) is 14.9 Å². The second-order valence-electron chi connectivity index (χ2n) is 3.92. The second-order valence-corrected chi connectivity index (χ2v) is 4.95. The van der Waals surface area contributed by atoms with Crippen molar-refractivity contribution in [1.29, 1.82) is 0 Å². The van der Waals surface area contributed by atoms with Gasteiger partial charge in [0.2, 0.25) is 0 Å². The maximum Gasteiger partial charge on any atom is 0.349 e. The number of thiazole rings is 1. The molecule has 0 bridgehead atoms. The third-order valence-electron chi connectivity index (χ3n) is 2.65. The monoisotopic (exact) mass is 256 g/mol.